The number of phosphoric ester groups is 1. The number of ether oxygens (including phenoxy) is 2. The smallest absolute Gasteiger partial charge is 0.462 e. The van der Waals surface area contributed by atoms with Crippen molar-refractivity contribution in [3.8, 4) is 0 Å². The van der Waals surface area contributed by atoms with Crippen LogP contribution in [-0.4, -0.2) is 65.7 Å². The van der Waals surface area contributed by atoms with Crippen molar-refractivity contribution < 1.29 is 47.8 Å². The van der Waals surface area contributed by atoms with Crippen molar-refractivity contribution in [3.05, 3.63) is 60.8 Å². The minimum absolute atomic E-state index is 0.0862. The van der Waals surface area contributed by atoms with Crippen molar-refractivity contribution in [3.63, 3.8) is 0 Å². The van der Waals surface area contributed by atoms with E-state index in [1.807, 2.05) is 54.7 Å². The van der Waals surface area contributed by atoms with Crippen molar-refractivity contribution >= 4 is 19.8 Å². The molecule has 0 amide bonds. The van der Waals surface area contributed by atoms with Gasteiger partial charge in [-0.05, 0) is 25.7 Å². The fourth-order valence-electron chi connectivity index (χ4n) is 3.79. The average Bonchev–Trinajstić information content (AvgIpc) is 3.02. The van der Waals surface area contributed by atoms with E-state index in [2.05, 4.69) is 24.4 Å². The van der Waals surface area contributed by atoms with Gasteiger partial charge in [-0.2, -0.15) is 0 Å². The van der Waals surface area contributed by atoms with Crippen LogP contribution in [0.4, 0.5) is 0 Å². The van der Waals surface area contributed by atoms with Crippen LogP contribution in [0.25, 0.3) is 0 Å². The number of carbonyl (C=O) groups excluding carboxylic acids is 2. The number of phosphoric acid groups is 1. The summed E-state index contributed by atoms with van der Waals surface area (Å²) in [7, 11) is -4.62. The summed E-state index contributed by atoms with van der Waals surface area (Å²) in [5.74, 6) is -1.02. The first-order chi connectivity index (χ1) is 21.7. The maximum Gasteiger partial charge on any atom is 0.472 e. The van der Waals surface area contributed by atoms with Gasteiger partial charge in [0.1, 0.15) is 12.7 Å². The Morgan fingerprint density at radius 2 is 1.22 bits per heavy atom. The first kappa shape index (κ1) is 42.7. The molecule has 2 unspecified atom stereocenters. The summed E-state index contributed by atoms with van der Waals surface area (Å²) in [5.41, 5.74) is 0. The lowest BCUT2D eigenvalue weighted by molar-refractivity contribution is -0.161. The zero-order valence-corrected chi connectivity index (χ0v) is 28.2. The van der Waals surface area contributed by atoms with E-state index in [1.54, 1.807) is 0 Å². The van der Waals surface area contributed by atoms with E-state index in [9.17, 15) is 24.2 Å². The van der Waals surface area contributed by atoms with Gasteiger partial charge in [0.2, 0.25) is 0 Å². The average molecular weight is 657 g/mol. The normalized spacial score (nSPS) is 15.0. The molecule has 0 fully saturated rings. The Balaban J connectivity index is 4.63. The molecule has 0 spiro atoms. The molecular formula is C34H57O10P. The summed E-state index contributed by atoms with van der Waals surface area (Å²) < 4.78 is 32.3. The van der Waals surface area contributed by atoms with Crippen LogP contribution in [0.3, 0.4) is 0 Å². The lowest BCUT2D eigenvalue weighted by atomic mass is 10.1. The Labute approximate surface area is 270 Å². The van der Waals surface area contributed by atoms with E-state index in [-0.39, 0.29) is 19.4 Å². The Bertz CT molecular complexity index is 941. The van der Waals surface area contributed by atoms with Gasteiger partial charge in [0.15, 0.2) is 6.10 Å². The van der Waals surface area contributed by atoms with Gasteiger partial charge in [0, 0.05) is 12.8 Å². The third kappa shape index (κ3) is 30.1. The summed E-state index contributed by atoms with van der Waals surface area (Å²) in [6.45, 7) is 2.07. The van der Waals surface area contributed by atoms with Crippen LogP contribution >= 0.6 is 7.82 Å². The highest BCUT2D eigenvalue weighted by Crippen LogP contribution is 2.43. The zero-order chi connectivity index (χ0) is 33.4. The summed E-state index contributed by atoms with van der Waals surface area (Å²) in [6, 6.07) is 0. The fourth-order valence-corrected chi connectivity index (χ4v) is 4.57. The number of hydrogen-bond donors (Lipinski definition) is 3. The number of unbranched alkanes of at least 4 members (excludes halogenated alkanes) is 9. The van der Waals surface area contributed by atoms with Crippen LogP contribution < -0.4 is 0 Å². The van der Waals surface area contributed by atoms with Crippen LogP contribution in [0.1, 0.15) is 104 Å². The molecule has 0 rings (SSSR count). The first-order valence-electron chi connectivity index (χ1n) is 16.3. The van der Waals surface area contributed by atoms with Gasteiger partial charge in [-0.15, -0.1) is 0 Å². The van der Waals surface area contributed by atoms with E-state index >= 15 is 0 Å². The molecule has 0 heterocycles. The SMILES string of the molecule is CC/C=C/C=C/C=C/C=C/C=C/CCCC(=O)OC(COC(=O)CCCCCCCCCCC)COP(=O)(O)OC[C@@H](O)CO. The van der Waals surface area contributed by atoms with Gasteiger partial charge >= 0.3 is 19.8 Å². The number of allylic oxidation sites excluding steroid dienone is 10. The number of aliphatic hydroxyl groups excluding tert-OH is 2. The highest BCUT2D eigenvalue weighted by molar-refractivity contribution is 7.47. The second kappa shape index (κ2) is 30.3. The van der Waals surface area contributed by atoms with Crippen molar-refractivity contribution in [2.75, 3.05) is 26.4 Å². The van der Waals surface area contributed by atoms with Crippen molar-refractivity contribution in [1.82, 2.24) is 0 Å². The molecule has 3 N–H and O–H groups in total. The molecule has 0 aromatic heterocycles. The third-order valence-electron chi connectivity index (χ3n) is 6.31. The van der Waals surface area contributed by atoms with Crippen LogP contribution in [0.15, 0.2) is 60.8 Å². The van der Waals surface area contributed by atoms with E-state index in [0.717, 1.165) is 25.7 Å². The van der Waals surface area contributed by atoms with Crippen molar-refractivity contribution in [1.29, 1.82) is 0 Å². The summed E-state index contributed by atoms with van der Waals surface area (Å²) in [4.78, 5) is 34.5. The fraction of sp³-hybridized carbons (Fsp3) is 0.647. The minimum Gasteiger partial charge on any atom is -0.462 e. The second-order valence-electron chi connectivity index (χ2n) is 10.6. The molecule has 3 atom stereocenters. The second-order valence-corrected chi connectivity index (χ2v) is 12.0. The largest absolute Gasteiger partial charge is 0.472 e. The van der Waals surface area contributed by atoms with Crippen LogP contribution in [0.2, 0.25) is 0 Å². The summed E-state index contributed by atoms with van der Waals surface area (Å²) >= 11 is 0. The molecule has 0 aliphatic rings. The van der Waals surface area contributed by atoms with Gasteiger partial charge in [-0.3, -0.25) is 18.6 Å². The molecule has 0 aromatic carbocycles. The topological polar surface area (TPSA) is 149 Å². The molecular weight excluding hydrogens is 599 g/mol. The zero-order valence-electron chi connectivity index (χ0n) is 27.3. The maximum atomic E-state index is 12.4. The standard InChI is InChI=1S/C34H57O10P/c1-3-5-7-9-11-13-14-15-16-18-20-22-24-26-34(38)44-32(30-43-45(39,40)42-28-31(36)27-35)29-41-33(37)25-23-21-19-17-12-10-8-6-4-2/h5,7,9,11,13-16,18,20,31-32,35-36H,3-4,6,8,10,12,17,19,21-30H2,1-2H3,(H,39,40)/b7-5+,11-9+,14-13+,16-15+,20-18+/t31-,32?/m0/s1. The van der Waals surface area contributed by atoms with E-state index in [1.165, 1.54) is 32.1 Å². The minimum atomic E-state index is -4.62. The maximum absolute atomic E-state index is 12.4. The third-order valence-corrected chi connectivity index (χ3v) is 7.27. The van der Waals surface area contributed by atoms with Crippen LogP contribution in [-0.2, 0) is 32.7 Å². The van der Waals surface area contributed by atoms with Gasteiger partial charge in [-0.25, -0.2) is 4.57 Å². The quantitative estimate of drug-likeness (QED) is 0.0326. The molecule has 10 nitrogen and oxygen atoms in total. The lowest BCUT2D eigenvalue weighted by Crippen LogP contribution is -2.29. The number of hydrogen-bond acceptors (Lipinski definition) is 9. The van der Waals surface area contributed by atoms with Gasteiger partial charge in [0.25, 0.3) is 0 Å². The molecule has 0 aliphatic heterocycles. The summed E-state index contributed by atoms with van der Waals surface area (Å²) in [5, 5.41) is 18.2. The van der Waals surface area contributed by atoms with E-state index in [0.29, 0.717) is 19.3 Å². The summed E-state index contributed by atoms with van der Waals surface area (Å²) in [6.07, 6.45) is 29.4. The first-order valence-corrected chi connectivity index (χ1v) is 17.8. The molecule has 45 heavy (non-hydrogen) atoms. The number of esters is 2. The number of aliphatic hydroxyl groups is 2. The van der Waals surface area contributed by atoms with Gasteiger partial charge in [0.05, 0.1) is 19.8 Å². The van der Waals surface area contributed by atoms with Gasteiger partial charge in [-0.1, -0.05) is 126 Å². The highest BCUT2D eigenvalue weighted by atomic mass is 31.2. The molecule has 0 bridgehead atoms. The number of rotatable bonds is 29. The van der Waals surface area contributed by atoms with Gasteiger partial charge < -0.3 is 24.6 Å². The monoisotopic (exact) mass is 656 g/mol. The molecule has 0 saturated heterocycles. The molecule has 258 valence electrons. The predicted molar refractivity (Wildman–Crippen MR) is 177 cm³/mol. The molecule has 0 saturated carbocycles. The Morgan fingerprint density at radius 3 is 1.82 bits per heavy atom. The molecule has 0 radical (unpaired) electrons. The Hall–Kier alpha value is -2.33. The highest BCUT2D eigenvalue weighted by Gasteiger charge is 2.27. The Morgan fingerprint density at radius 1 is 0.689 bits per heavy atom. The number of carbonyl (C=O) groups is 2. The Kier molecular flexibility index (Phi) is 28.8. The van der Waals surface area contributed by atoms with Crippen LogP contribution in [0.5, 0.6) is 0 Å². The van der Waals surface area contributed by atoms with Crippen LogP contribution in [0, 0.1) is 0 Å². The molecule has 0 aromatic rings. The van der Waals surface area contributed by atoms with Crippen molar-refractivity contribution in [2.24, 2.45) is 0 Å². The van der Waals surface area contributed by atoms with E-state index < -0.39 is 51.8 Å². The predicted octanol–water partition coefficient (Wildman–Crippen LogP) is 7.21. The van der Waals surface area contributed by atoms with E-state index in [4.69, 9.17) is 19.1 Å². The van der Waals surface area contributed by atoms with Crippen molar-refractivity contribution in [2.45, 2.75) is 116 Å². The lowest BCUT2D eigenvalue weighted by Gasteiger charge is -2.20. The molecule has 0 aliphatic carbocycles. The molecule has 11 heteroatoms.